The highest BCUT2D eigenvalue weighted by Gasteiger charge is 2.29. The smallest absolute Gasteiger partial charge is 0.329 e. The molecule has 0 spiro atoms. The molecule has 1 aliphatic carbocycles. The van der Waals surface area contributed by atoms with E-state index in [1.165, 1.54) is 19.0 Å². The first-order valence-electron chi connectivity index (χ1n) is 6.47. The lowest BCUT2D eigenvalue weighted by Crippen LogP contribution is -2.24. The predicted molar refractivity (Wildman–Crippen MR) is 73.3 cm³/mol. The van der Waals surface area contributed by atoms with Crippen LogP contribution < -0.4 is 10.6 Å². The molecule has 7 heteroatoms. The molecule has 0 aliphatic heterocycles. The third-order valence-corrected chi connectivity index (χ3v) is 3.68. The molecule has 1 saturated carbocycles. The van der Waals surface area contributed by atoms with E-state index in [0.717, 1.165) is 12.8 Å². The molecule has 0 bridgehead atoms. The fraction of sp³-hybridized carbons (Fsp3) is 0.667. The van der Waals surface area contributed by atoms with Crippen LogP contribution in [0.4, 0.5) is 17.5 Å². The highest BCUT2D eigenvalue weighted by atomic mass is 16.6. The molecular formula is C12H19N5O2. The highest BCUT2D eigenvalue weighted by molar-refractivity contribution is 5.56. The lowest BCUT2D eigenvalue weighted by Gasteiger charge is -2.23. The molecule has 1 aromatic heterocycles. The van der Waals surface area contributed by atoms with Crippen molar-refractivity contribution in [1.29, 1.82) is 0 Å². The number of aromatic nitrogens is 2. The quantitative estimate of drug-likeness (QED) is 0.627. The second-order valence-electron chi connectivity index (χ2n) is 5.31. The van der Waals surface area contributed by atoms with Crippen LogP contribution in [-0.2, 0) is 0 Å². The Morgan fingerprint density at radius 2 is 2.16 bits per heavy atom. The molecule has 104 valence electrons. The van der Waals surface area contributed by atoms with Crippen molar-refractivity contribution in [2.45, 2.75) is 32.6 Å². The van der Waals surface area contributed by atoms with Gasteiger partial charge in [0.05, 0.1) is 4.92 Å². The Labute approximate surface area is 112 Å². The Morgan fingerprint density at radius 1 is 1.47 bits per heavy atom. The van der Waals surface area contributed by atoms with E-state index in [1.807, 2.05) is 0 Å². The van der Waals surface area contributed by atoms with Crippen LogP contribution in [0.5, 0.6) is 0 Å². The molecule has 1 aromatic rings. The molecule has 2 N–H and O–H groups in total. The minimum absolute atomic E-state index is 0.0828. The van der Waals surface area contributed by atoms with E-state index in [2.05, 4.69) is 27.5 Å². The summed E-state index contributed by atoms with van der Waals surface area (Å²) in [6.07, 6.45) is 5.99. The van der Waals surface area contributed by atoms with Gasteiger partial charge in [0.1, 0.15) is 6.20 Å². The molecule has 0 radical (unpaired) electrons. The molecule has 0 saturated heterocycles. The Balaban J connectivity index is 2.15. The number of hydrogen-bond acceptors (Lipinski definition) is 6. The molecular weight excluding hydrogens is 246 g/mol. The van der Waals surface area contributed by atoms with E-state index in [0.29, 0.717) is 12.5 Å². The Bertz CT molecular complexity index is 471. The Kier molecular flexibility index (Phi) is 3.82. The summed E-state index contributed by atoms with van der Waals surface area (Å²) in [5.41, 5.74) is 0.124. The van der Waals surface area contributed by atoms with Gasteiger partial charge in [-0.2, -0.15) is 4.98 Å². The summed E-state index contributed by atoms with van der Waals surface area (Å²) >= 11 is 0. The second-order valence-corrected chi connectivity index (χ2v) is 5.31. The molecule has 19 heavy (non-hydrogen) atoms. The zero-order valence-electron chi connectivity index (χ0n) is 11.3. The van der Waals surface area contributed by atoms with Gasteiger partial charge in [-0.05, 0) is 18.3 Å². The van der Waals surface area contributed by atoms with E-state index in [9.17, 15) is 10.1 Å². The van der Waals surface area contributed by atoms with Crippen molar-refractivity contribution in [2.24, 2.45) is 5.41 Å². The molecule has 0 atom stereocenters. The van der Waals surface area contributed by atoms with Crippen molar-refractivity contribution in [3.8, 4) is 0 Å². The van der Waals surface area contributed by atoms with E-state index < -0.39 is 4.92 Å². The van der Waals surface area contributed by atoms with Gasteiger partial charge in [0.15, 0.2) is 0 Å². The number of nitro groups is 1. The lowest BCUT2D eigenvalue weighted by molar-refractivity contribution is -0.384. The van der Waals surface area contributed by atoms with E-state index in [4.69, 9.17) is 0 Å². The first-order chi connectivity index (χ1) is 9.04. The second kappa shape index (κ2) is 5.38. The fourth-order valence-corrected chi connectivity index (χ4v) is 2.46. The molecule has 0 aromatic carbocycles. The number of nitrogens with zero attached hydrogens (tertiary/aromatic N) is 3. The van der Waals surface area contributed by atoms with Crippen molar-refractivity contribution in [3.63, 3.8) is 0 Å². The van der Waals surface area contributed by atoms with Gasteiger partial charge < -0.3 is 10.6 Å². The predicted octanol–water partition coefficient (Wildman–Crippen LogP) is 2.42. The van der Waals surface area contributed by atoms with E-state index in [-0.39, 0.29) is 16.9 Å². The maximum Gasteiger partial charge on any atom is 0.329 e. The summed E-state index contributed by atoms with van der Waals surface area (Å²) in [7, 11) is 1.68. The van der Waals surface area contributed by atoms with Gasteiger partial charge >= 0.3 is 5.69 Å². The Morgan fingerprint density at radius 3 is 2.74 bits per heavy atom. The number of nitrogens with one attached hydrogen (secondary N) is 2. The fourth-order valence-electron chi connectivity index (χ4n) is 2.46. The topological polar surface area (TPSA) is 93.0 Å². The molecule has 1 heterocycles. The van der Waals surface area contributed by atoms with Crippen LogP contribution in [0.3, 0.4) is 0 Å². The molecule has 7 nitrogen and oxygen atoms in total. The van der Waals surface area contributed by atoms with Crippen LogP contribution in [0.15, 0.2) is 6.20 Å². The summed E-state index contributed by atoms with van der Waals surface area (Å²) in [4.78, 5) is 18.5. The summed E-state index contributed by atoms with van der Waals surface area (Å²) in [5, 5.41) is 16.9. The normalized spacial score (nSPS) is 17.2. The molecule has 0 amide bonds. The summed E-state index contributed by atoms with van der Waals surface area (Å²) in [5.74, 6) is 0.669. The molecule has 1 fully saturated rings. The van der Waals surface area contributed by atoms with Crippen LogP contribution in [-0.4, -0.2) is 28.5 Å². The molecule has 0 unspecified atom stereocenters. The summed E-state index contributed by atoms with van der Waals surface area (Å²) < 4.78 is 0. The zero-order chi connectivity index (χ0) is 13.9. The number of hydrogen-bond donors (Lipinski definition) is 2. The monoisotopic (exact) mass is 265 g/mol. The van der Waals surface area contributed by atoms with Crippen molar-refractivity contribution in [3.05, 3.63) is 16.3 Å². The van der Waals surface area contributed by atoms with Gasteiger partial charge in [0, 0.05) is 13.6 Å². The number of anilines is 2. The van der Waals surface area contributed by atoms with Gasteiger partial charge in [-0.3, -0.25) is 10.1 Å². The van der Waals surface area contributed by atoms with Crippen LogP contribution in [0, 0.1) is 15.5 Å². The first kappa shape index (κ1) is 13.5. The zero-order valence-corrected chi connectivity index (χ0v) is 11.3. The van der Waals surface area contributed by atoms with Crippen molar-refractivity contribution in [2.75, 3.05) is 24.2 Å². The molecule has 1 aliphatic rings. The van der Waals surface area contributed by atoms with Crippen LogP contribution >= 0.6 is 0 Å². The van der Waals surface area contributed by atoms with Crippen LogP contribution in [0.1, 0.15) is 32.6 Å². The standard InChI is InChI=1S/C12H19N5O2/c1-12(5-3-4-6-12)8-15-10-9(17(18)19)7-14-11(13-2)16-10/h7H,3-6,8H2,1-2H3,(H2,13,14,15,16). The Hall–Kier alpha value is -1.92. The van der Waals surface area contributed by atoms with Gasteiger partial charge in [-0.15, -0.1) is 0 Å². The van der Waals surface area contributed by atoms with Crippen molar-refractivity contribution in [1.82, 2.24) is 9.97 Å². The molecule has 2 rings (SSSR count). The van der Waals surface area contributed by atoms with Crippen LogP contribution in [0.25, 0.3) is 0 Å². The third-order valence-electron chi connectivity index (χ3n) is 3.68. The van der Waals surface area contributed by atoms with Gasteiger partial charge in [0.25, 0.3) is 0 Å². The minimum Gasteiger partial charge on any atom is -0.364 e. The van der Waals surface area contributed by atoms with E-state index in [1.54, 1.807) is 7.05 Å². The SMILES string of the molecule is CNc1ncc([N+](=O)[O-])c(NCC2(C)CCCC2)n1. The minimum atomic E-state index is -0.460. The van der Waals surface area contributed by atoms with Crippen LogP contribution in [0.2, 0.25) is 0 Å². The summed E-state index contributed by atoms with van der Waals surface area (Å²) in [6.45, 7) is 2.91. The van der Waals surface area contributed by atoms with Gasteiger partial charge in [-0.25, -0.2) is 4.98 Å². The number of rotatable bonds is 5. The lowest BCUT2D eigenvalue weighted by atomic mass is 9.89. The summed E-state index contributed by atoms with van der Waals surface area (Å²) in [6, 6.07) is 0. The largest absolute Gasteiger partial charge is 0.364 e. The highest BCUT2D eigenvalue weighted by Crippen LogP contribution is 2.37. The van der Waals surface area contributed by atoms with E-state index >= 15 is 0 Å². The van der Waals surface area contributed by atoms with Gasteiger partial charge in [0.2, 0.25) is 11.8 Å². The maximum absolute atomic E-state index is 11.0. The average Bonchev–Trinajstić information content (AvgIpc) is 2.83. The maximum atomic E-state index is 11.0. The van der Waals surface area contributed by atoms with Crippen molar-refractivity contribution < 1.29 is 4.92 Å². The first-order valence-corrected chi connectivity index (χ1v) is 6.47. The van der Waals surface area contributed by atoms with Crippen molar-refractivity contribution >= 4 is 17.5 Å². The average molecular weight is 265 g/mol. The third kappa shape index (κ3) is 3.10. The van der Waals surface area contributed by atoms with Gasteiger partial charge in [-0.1, -0.05) is 19.8 Å².